The highest BCUT2D eigenvalue weighted by molar-refractivity contribution is 5.76. The number of carbonyl (C=O) groups excluding carboxylic acids is 1. The molecule has 0 fully saturated rings. The first-order valence-corrected chi connectivity index (χ1v) is 6.72. The molecule has 1 N–H and O–H groups in total. The predicted octanol–water partition coefficient (Wildman–Crippen LogP) is 3.10. The third kappa shape index (κ3) is 5.77. The monoisotopic (exact) mass is 263 g/mol. The quantitative estimate of drug-likeness (QED) is 0.886. The molecule has 0 aliphatic carbocycles. The minimum Gasteiger partial charge on any atom is -0.496 e. The van der Waals surface area contributed by atoms with Crippen LogP contribution >= 0.6 is 0 Å². The van der Waals surface area contributed by atoms with Gasteiger partial charge in [-0.25, -0.2) is 0 Å². The van der Waals surface area contributed by atoms with Crippen LogP contribution in [0.2, 0.25) is 0 Å². The van der Waals surface area contributed by atoms with Gasteiger partial charge in [0, 0.05) is 13.0 Å². The van der Waals surface area contributed by atoms with Crippen molar-refractivity contribution in [1.29, 1.82) is 0 Å². The smallest absolute Gasteiger partial charge is 0.220 e. The van der Waals surface area contributed by atoms with E-state index in [2.05, 4.69) is 39.1 Å². The SMILES string of the molecule is COc1ccc(C)cc1CCNC(=O)CC(C)(C)C. The second-order valence-corrected chi connectivity index (χ2v) is 6.15. The van der Waals surface area contributed by atoms with Gasteiger partial charge < -0.3 is 10.1 Å². The van der Waals surface area contributed by atoms with E-state index in [0.717, 1.165) is 17.7 Å². The number of carbonyl (C=O) groups is 1. The second kappa shape index (κ2) is 6.60. The molecule has 1 aromatic rings. The van der Waals surface area contributed by atoms with Gasteiger partial charge in [-0.3, -0.25) is 4.79 Å². The first-order chi connectivity index (χ1) is 8.81. The van der Waals surface area contributed by atoms with E-state index >= 15 is 0 Å². The Bertz CT molecular complexity index is 433. The lowest BCUT2D eigenvalue weighted by Crippen LogP contribution is -2.29. The van der Waals surface area contributed by atoms with Crippen molar-refractivity contribution in [3.8, 4) is 5.75 Å². The summed E-state index contributed by atoms with van der Waals surface area (Å²) < 4.78 is 5.33. The molecule has 3 nitrogen and oxygen atoms in total. The Labute approximate surface area is 116 Å². The molecule has 0 atom stereocenters. The number of aryl methyl sites for hydroxylation is 1. The maximum Gasteiger partial charge on any atom is 0.220 e. The Morgan fingerprint density at radius 3 is 2.58 bits per heavy atom. The van der Waals surface area contributed by atoms with E-state index in [9.17, 15) is 4.79 Å². The molecule has 1 rings (SSSR count). The third-order valence-electron chi connectivity index (χ3n) is 2.84. The van der Waals surface area contributed by atoms with Crippen molar-refractivity contribution in [3.63, 3.8) is 0 Å². The van der Waals surface area contributed by atoms with Crippen LogP contribution in [0.25, 0.3) is 0 Å². The van der Waals surface area contributed by atoms with Crippen molar-refractivity contribution in [2.75, 3.05) is 13.7 Å². The van der Waals surface area contributed by atoms with Gasteiger partial charge in [-0.05, 0) is 30.4 Å². The zero-order chi connectivity index (χ0) is 14.5. The lowest BCUT2D eigenvalue weighted by Gasteiger charge is -2.17. The predicted molar refractivity (Wildman–Crippen MR) is 78.5 cm³/mol. The maximum atomic E-state index is 11.7. The van der Waals surface area contributed by atoms with Gasteiger partial charge in [0.25, 0.3) is 0 Å². The first-order valence-electron chi connectivity index (χ1n) is 6.72. The van der Waals surface area contributed by atoms with E-state index in [4.69, 9.17) is 4.74 Å². The summed E-state index contributed by atoms with van der Waals surface area (Å²) >= 11 is 0. The minimum absolute atomic E-state index is 0.0328. The molecular weight excluding hydrogens is 238 g/mol. The largest absolute Gasteiger partial charge is 0.496 e. The fraction of sp³-hybridized carbons (Fsp3) is 0.562. The molecular formula is C16H25NO2. The zero-order valence-electron chi connectivity index (χ0n) is 12.7. The van der Waals surface area contributed by atoms with Crippen LogP contribution in [0.15, 0.2) is 18.2 Å². The van der Waals surface area contributed by atoms with Crippen LogP contribution in [0.4, 0.5) is 0 Å². The molecule has 3 heteroatoms. The minimum atomic E-state index is 0.0328. The molecule has 0 bridgehead atoms. The summed E-state index contributed by atoms with van der Waals surface area (Å²) in [5, 5.41) is 2.96. The molecule has 1 aromatic carbocycles. The molecule has 0 unspecified atom stereocenters. The third-order valence-corrected chi connectivity index (χ3v) is 2.84. The molecule has 0 aliphatic rings. The number of nitrogens with one attached hydrogen (secondary N) is 1. The van der Waals surface area contributed by atoms with E-state index in [-0.39, 0.29) is 11.3 Å². The Morgan fingerprint density at radius 1 is 1.32 bits per heavy atom. The topological polar surface area (TPSA) is 38.3 Å². The molecule has 0 saturated heterocycles. The van der Waals surface area contributed by atoms with E-state index in [1.165, 1.54) is 5.56 Å². The number of hydrogen-bond donors (Lipinski definition) is 1. The van der Waals surface area contributed by atoms with E-state index in [1.54, 1.807) is 7.11 Å². The molecule has 0 heterocycles. The van der Waals surface area contributed by atoms with E-state index in [1.807, 2.05) is 12.1 Å². The fourth-order valence-corrected chi connectivity index (χ4v) is 1.98. The van der Waals surface area contributed by atoms with E-state index < -0.39 is 0 Å². The molecule has 106 valence electrons. The van der Waals surface area contributed by atoms with Gasteiger partial charge >= 0.3 is 0 Å². The Morgan fingerprint density at radius 2 is 2.00 bits per heavy atom. The summed E-state index contributed by atoms with van der Waals surface area (Å²) in [6.45, 7) is 8.90. The van der Waals surface area contributed by atoms with Crippen LogP contribution in [0.5, 0.6) is 5.75 Å². The highest BCUT2D eigenvalue weighted by Gasteiger charge is 2.15. The fourth-order valence-electron chi connectivity index (χ4n) is 1.98. The van der Waals surface area contributed by atoms with Crippen molar-refractivity contribution >= 4 is 5.91 Å². The highest BCUT2D eigenvalue weighted by atomic mass is 16.5. The molecule has 0 radical (unpaired) electrons. The van der Waals surface area contributed by atoms with Crippen LogP contribution in [0, 0.1) is 12.3 Å². The summed E-state index contributed by atoms with van der Waals surface area (Å²) in [5.74, 6) is 0.995. The summed E-state index contributed by atoms with van der Waals surface area (Å²) in [4.78, 5) is 11.7. The van der Waals surface area contributed by atoms with Gasteiger partial charge in [0.1, 0.15) is 5.75 Å². The van der Waals surface area contributed by atoms with Crippen LogP contribution in [-0.2, 0) is 11.2 Å². The van der Waals surface area contributed by atoms with Crippen LogP contribution in [-0.4, -0.2) is 19.6 Å². The highest BCUT2D eigenvalue weighted by Crippen LogP contribution is 2.20. The summed E-state index contributed by atoms with van der Waals surface area (Å²) in [7, 11) is 1.67. The normalized spacial score (nSPS) is 11.2. The van der Waals surface area contributed by atoms with Crippen molar-refractivity contribution in [2.45, 2.75) is 40.5 Å². The van der Waals surface area contributed by atoms with Gasteiger partial charge in [-0.2, -0.15) is 0 Å². The second-order valence-electron chi connectivity index (χ2n) is 6.15. The number of hydrogen-bond acceptors (Lipinski definition) is 2. The van der Waals surface area contributed by atoms with Crippen LogP contribution < -0.4 is 10.1 Å². The van der Waals surface area contributed by atoms with E-state index in [0.29, 0.717) is 13.0 Å². The van der Waals surface area contributed by atoms with Crippen molar-refractivity contribution in [1.82, 2.24) is 5.32 Å². The van der Waals surface area contributed by atoms with Gasteiger partial charge in [-0.15, -0.1) is 0 Å². The van der Waals surface area contributed by atoms with Crippen molar-refractivity contribution in [2.24, 2.45) is 5.41 Å². The first kappa shape index (κ1) is 15.5. The van der Waals surface area contributed by atoms with Gasteiger partial charge in [0.15, 0.2) is 0 Å². The zero-order valence-corrected chi connectivity index (χ0v) is 12.7. The number of rotatable bonds is 5. The molecule has 19 heavy (non-hydrogen) atoms. The van der Waals surface area contributed by atoms with Gasteiger partial charge in [-0.1, -0.05) is 38.5 Å². The molecule has 0 aromatic heterocycles. The Balaban J connectivity index is 2.49. The molecule has 0 spiro atoms. The summed E-state index contributed by atoms with van der Waals surface area (Å²) in [6.07, 6.45) is 1.35. The number of amides is 1. The average Bonchev–Trinajstić information content (AvgIpc) is 2.27. The van der Waals surface area contributed by atoms with Gasteiger partial charge in [0.2, 0.25) is 5.91 Å². The average molecular weight is 263 g/mol. The van der Waals surface area contributed by atoms with Crippen LogP contribution in [0.1, 0.15) is 38.3 Å². The van der Waals surface area contributed by atoms with Gasteiger partial charge in [0.05, 0.1) is 7.11 Å². The molecule has 0 saturated carbocycles. The Hall–Kier alpha value is -1.51. The summed E-state index contributed by atoms with van der Waals surface area (Å²) in [6, 6.07) is 6.11. The lowest BCUT2D eigenvalue weighted by molar-refractivity contribution is -0.122. The lowest BCUT2D eigenvalue weighted by atomic mass is 9.92. The Kier molecular flexibility index (Phi) is 5.40. The number of ether oxygens (including phenoxy) is 1. The van der Waals surface area contributed by atoms with Crippen molar-refractivity contribution in [3.05, 3.63) is 29.3 Å². The molecule has 1 amide bonds. The van der Waals surface area contributed by atoms with Crippen LogP contribution in [0.3, 0.4) is 0 Å². The van der Waals surface area contributed by atoms with Crippen molar-refractivity contribution < 1.29 is 9.53 Å². The number of benzene rings is 1. The standard InChI is InChI=1S/C16H25NO2/c1-12-6-7-14(19-5)13(10-12)8-9-17-15(18)11-16(2,3)4/h6-7,10H,8-9,11H2,1-5H3,(H,17,18). The molecule has 0 aliphatic heterocycles. The summed E-state index contributed by atoms with van der Waals surface area (Å²) in [5.41, 5.74) is 2.38. The number of methoxy groups -OCH3 is 1. The maximum absolute atomic E-state index is 11.7.